The summed E-state index contributed by atoms with van der Waals surface area (Å²) in [4.78, 5) is 17.9. The van der Waals surface area contributed by atoms with Crippen molar-refractivity contribution >= 4 is 17.7 Å². The van der Waals surface area contributed by atoms with E-state index in [0.29, 0.717) is 17.9 Å². The fourth-order valence-corrected chi connectivity index (χ4v) is 3.93. The van der Waals surface area contributed by atoms with E-state index in [4.69, 9.17) is 10.00 Å². The van der Waals surface area contributed by atoms with Crippen LogP contribution in [0.25, 0.3) is 0 Å². The van der Waals surface area contributed by atoms with Gasteiger partial charge in [0.1, 0.15) is 5.75 Å². The number of piperazine rings is 1. The molecule has 1 fully saturated rings. The second-order valence-corrected chi connectivity index (χ2v) is 7.71. The highest BCUT2D eigenvalue weighted by atomic mass is 32.2. The standard InChI is InChI=1S/C22H25N3O2S/c1-2-27-20-7-9-21(10-8-20)28-17-22(26)25-13-11-24(12-14-25)16-19-5-3-18(15-23)4-6-19/h3-10H,2,11-14,16-17H2,1H3. The van der Waals surface area contributed by atoms with Gasteiger partial charge in [0, 0.05) is 37.6 Å². The fraction of sp³-hybridized carbons (Fsp3) is 0.364. The van der Waals surface area contributed by atoms with Gasteiger partial charge < -0.3 is 9.64 Å². The van der Waals surface area contributed by atoms with Crippen molar-refractivity contribution in [3.8, 4) is 11.8 Å². The summed E-state index contributed by atoms with van der Waals surface area (Å²) >= 11 is 1.57. The van der Waals surface area contributed by atoms with Crippen molar-refractivity contribution in [3.05, 3.63) is 59.7 Å². The average molecular weight is 396 g/mol. The number of nitrogens with zero attached hydrogens (tertiary/aromatic N) is 3. The third-order valence-corrected chi connectivity index (χ3v) is 5.71. The molecule has 1 aliphatic heterocycles. The zero-order chi connectivity index (χ0) is 19.8. The monoisotopic (exact) mass is 395 g/mol. The fourth-order valence-electron chi connectivity index (χ4n) is 3.13. The maximum Gasteiger partial charge on any atom is 0.233 e. The molecule has 0 aliphatic carbocycles. The summed E-state index contributed by atoms with van der Waals surface area (Å²) in [6, 6.07) is 17.7. The highest BCUT2D eigenvalue weighted by molar-refractivity contribution is 8.00. The molecule has 1 amide bonds. The predicted octanol–water partition coefficient (Wildman–Crippen LogP) is 3.39. The van der Waals surface area contributed by atoms with Gasteiger partial charge in [0.15, 0.2) is 0 Å². The van der Waals surface area contributed by atoms with Gasteiger partial charge in [-0.3, -0.25) is 9.69 Å². The van der Waals surface area contributed by atoms with Crippen molar-refractivity contribution in [3.63, 3.8) is 0 Å². The minimum atomic E-state index is 0.192. The first-order chi connectivity index (χ1) is 13.7. The molecule has 146 valence electrons. The Morgan fingerprint density at radius 2 is 1.75 bits per heavy atom. The zero-order valence-electron chi connectivity index (χ0n) is 16.1. The lowest BCUT2D eigenvalue weighted by atomic mass is 10.1. The first-order valence-electron chi connectivity index (χ1n) is 9.53. The molecule has 1 aliphatic rings. The average Bonchev–Trinajstić information content (AvgIpc) is 2.74. The number of benzene rings is 2. The smallest absolute Gasteiger partial charge is 0.233 e. The van der Waals surface area contributed by atoms with E-state index in [0.717, 1.165) is 43.4 Å². The Balaban J connectivity index is 1.41. The number of hydrogen-bond acceptors (Lipinski definition) is 5. The SMILES string of the molecule is CCOc1ccc(SCC(=O)N2CCN(Cc3ccc(C#N)cc3)CC2)cc1. The van der Waals surface area contributed by atoms with Crippen LogP contribution >= 0.6 is 11.8 Å². The van der Waals surface area contributed by atoms with E-state index in [1.54, 1.807) is 11.8 Å². The van der Waals surface area contributed by atoms with Crippen LogP contribution in [0, 0.1) is 11.3 Å². The van der Waals surface area contributed by atoms with Gasteiger partial charge in [-0.25, -0.2) is 0 Å². The van der Waals surface area contributed by atoms with Crippen LogP contribution in [-0.2, 0) is 11.3 Å². The van der Waals surface area contributed by atoms with Gasteiger partial charge in [0.2, 0.25) is 5.91 Å². The van der Waals surface area contributed by atoms with E-state index < -0.39 is 0 Å². The highest BCUT2D eigenvalue weighted by Crippen LogP contribution is 2.22. The van der Waals surface area contributed by atoms with Crippen molar-refractivity contribution in [1.29, 1.82) is 5.26 Å². The van der Waals surface area contributed by atoms with E-state index >= 15 is 0 Å². The molecule has 0 N–H and O–H groups in total. The molecule has 0 saturated carbocycles. The van der Waals surface area contributed by atoms with Crippen LogP contribution in [0.15, 0.2) is 53.4 Å². The van der Waals surface area contributed by atoms with Crippen LogP contribution in [0.3, 0.4) is 0 Å². The molecular weight excluding hydrogens is 370 g/mol. The topological polar surface area (TPSA) is 56.6 Å². The molecule has 0 atom stereocenters. The predicted molar refractivity (Wildman–Crippen MR) is 111 cm³/mol. The lowest BCUT2D eigenvalue weighted by molar-refractivity contribution is -0.130. The summed E-state index contributed by atoms with van der Waals surface area (Å²) in [6.07, 6.45) is 0. The third-order valence-electron chi connectivity index (χ3n) is 4.71. The molecule has 1 saturated heterocycles. The van der Waals surface area contributed by atoms with Crippen LogP contribution in [0.2, 0.25) is 0 Å². The van der Waals surface area contributed by atoms with E-state index in [9.17, 15) is 4.79 Å². The molecule has 1 heterocycles. The number of amides is 1. The first kappa shape index (κ1) is 20.2. The summed E-state index contributed by atoms with van der Waals surface area (Å²) in [5, 5.41) is 8.88. The van der Waals surface area contributed by atoms with Gasteiger partial charge in [-0.05, 0) is 48.9 Å². The number of carbonyl (C=O) groups is 1. The molecule has 3 rings (SSSR count). The molecule has 0 unspecified atom stereocenters. The maximum absolute atomic E-state index is 12.5. The molecule has 0 bridgehead atoms. The normalized spacial score (nSPS) is 14.5. The summed E-state index contributed by atoms with van der Waals surface area (Å²) in [5.41, 5.74) is 1.88. The Bertz CT molecular complexity index is 807. The van der Waals surface area contributed by atoms with E-state index in [1.807, 2.05) is 60.4 Å². The largest absolute Gasteiger partial charge is 0.494 e. The van der Waals surface area contributed by atoms with Crippen molar-refractivity contribution in [1.82, 2.24) is 9.80 Å². The minimum Gasteiger partial charge on any atom is -0.494 e. The van der Waals surface area contributed by atoms with Crippen LogP contribution in [0.1, 0.15) is 18.1 Å². The number of thioether (sulfide) groups is 1. The maximum atomic E-state index is 12.5. The van der Waals surface area contributed by atoms with Crippen molar-refractivity contribution in [2.24, 2.45) is 0 Å². The summed E-state index contributed by atoms with van der Waals surface area (Å²) < 4.78 is 5.44. The lowest BCUT2D eigenvalue weighted by Gasteiger charge is -2.34. The number of nitriles is 1. The molecular formula is C22H25N3O2S. The van der Waals surface area contributed by atoms with Crippen molar-refractivity contribution < 1.29 is 9.53 Å². The minimum absolute atomic E-state index is 0.192. The highest BCUT2D eigenvalue weighted by Gasteiger charge is 2.21. The van der Waals surface area contributed by atoms with Gasteiger partial charge >= 0.3 is 0 Å². The summed E-state index contributed by atoms with van der Waals surface area (Å²) in [7, 11) is 0. The third kappa shape index (κ3) is 5.75. The Labute approximate surface area is 170 Å². The molecule has 2 aromatic carbocycles. The molecule has 28 heavy (non-hydrogen) atoms. The summed E-state index contributed by atoms with van der Waals surface area (Å²) in [6.45, 7) is 6.75. The van der Waals surface area contributed by atoms with Gasteiger partial charge in [-0.15, -0.1) is 11.8 Å². The van der Waals surface area contributed by atoms with Gasteiger partial charge in [0.05, 0.1) is 24.0 Å². The Morgan fingerprint density at radius 3 is 2.36 bits per heavy atom. The lowest BCUT2D eigenvalue weighted by Crippen LogP contribution is -2.48. The van der Waals surface area contributed by atoms with Crippen LogP contribution < -0.4 is 4.74 Å². The number of rotatable bonds is 7. The summed E-state index contributed by atoms with van der Waals surface area (Å²) in [5.74, 6) is 1.51. The van der Waals surface area contributed by atoms with E-state index in [2.05, 4.69) is 11.0 Å². The van der Waals surface area contributed by atoms with Gasteiger partial charge in [-0.1, -0.05) is 12.1 Å². The van der Waals surface area contributed by atoms with E-state index in [-0.39, 0.29) is 5.91 Å². The molecule has 6 heteroatoms. The number of carbonyl (C=O) groups excluding carboxylic acids is 1. The second-order valence-electron chi connectivity index (χ2n) is 6.66. The van der Waals surface area contributed by atoms with Gasteiger partial charge in [-0.2, -0.15) is 5.26 Å². The van der Waals surface area contributed by atoms with Crippen LogP contribution in [0.4, 0.5) is 0 Å². The molecule has 0 aromatic heterocycles. The Hall–Kier alpha value is -2.49. The zero-order valence-corrected chi connectivity index (χ0v) is 17.0. The Morgan fingerprint density at radius 1 is 1.07 bits per heavy atom. The van der Waals surface area contributed by atoms with Gasteiger partial charge in [0.25, 0.3) is 0 Å². The second kappa shape index (κ2) is 10.2. The molecule has 0 radical (unpaired) electrons. The molecule has 5 nitrogen and oxygen atoms in total. The first-order valence-corrected chi connectivity index (χ1v) is 10.5. The molecule has 2 aromatic rings. The number of ether oxygens (including phenoxy) is 1. The van der Waals surface area contributed by atoms with Crippen LogP contribution in [-0.4, -0.2) is 54.2 Å². The van der Waals surface area contributed by atoms with Crippen LogP contribution in [0.5, 0.6) is 5.75 Å². The number of hydrogen-bond donors (Lipinski definition) is 0. The van der Waals surface area contributed by atoms with E-state index in [1.165, 1.54) is 5.56 Å². The quantitative estimate of drug-likeness (QED) is 0.673. The molecule has 0 spiro atoms. The van der Waals surface area contributed by atoms with Crippen molar-refractivity contribution in [2.45, 2.75) is 18.4 Å². The Kier molecular flexibility index (Phi) is 7.35. The van der Waals surface area contributed by atoms with Crippen molar-refractivity contribution in [2.75, 3.05) is 38.5 Å².